The highest BCUT2D eigenvalue weighted by Crippen LogP contribution is 2.29. The van der Waals surface area contributed by atoms with E-state index in [0.717, 1.165) is 4.68 Å². The molecule has 3 heterocycles. The number of anilines is 1. The van der Waals surface area contributed by atoms with Gasteiger partial charge in [-0.25, -0.2) is 9.37 Å². The van der Waals surface area contributed by atoms with Crippen molar-refractivity contribution in [2.24, 2.45) is 0 Å². The largest absolute Gasteiger partial charge is 0.495 e. The quantitative estimate of drug-likeness (QED) is 0.363. The summed E-state index contributed by atoms with van der Waals surface area (Å²) in [6.45, 7) is 1.66. The number of nitrogens with one attached hydrogen (secondary N) is 1. The van der Waals surface area contributed by atoms with E-state index in [9.17, 15) is 14.0 Å². The minimum atomic E-state index is -0.622. The summed E-state index contributed by atoms with van der Waals surface area (Å²) in [4.78, 5) is 34.5. The summed E-state index contributed by atoms with van der Waals surface area (Å²) in [5.74, 6) is 0.585. The number of amides is 1. The Morgan fingerprint density at radius 2 is 1.78 bits per heavy atom. The summed E-state index contributed by atoms with van der Waals surface area (Å²) < 4.78 is 25.7. The number of hydrogen-bond donors (Lipinski definition) is 1. The second-order valence-corrected chi connectivity index (χ2v) is 8.03. The fraction of sp³-hybridized carbons (Fsp3) is 0.0741. The fourth-order valence-electron chi connectivity index (χ4n) is 3.73. The molecule has 0 aliphatic rings. The van der Waals surface area contributed by atoms with Crippen molar-refractivity contribution < 1.29 is 18.7 Å². The van der Waals surface area contributed by atoms with Gasteiger partial charge in [0, 0.05) is 30.2 Å². The fourth-order valence-corrected chi connectivity index (χ4v) is 3.73. The molecule has 0 saturated heterocycles. The lowest BCUT2D eigenvalue weighted by Crippen LogP contribution is -2.30. The van der Waals surface area contributed by atoms with Crippen molar-refractivity contribution in [3.63, 3.8) is 0 Å². The van der Waals surface area contributed by atoms with Crippen LogP contribution >= 0.6 is 0 Å². The number of carbonyl (C=O) groups excluding carboxylic acids is 1. The molecule has 9 nitrogen and oxygen atoms in total. The SMILES string of the molecule is COc1cnc2c(Oc3ccc(NC(=O)c4ccnn(-c5ccc(F)cc5C)c4=O)cc3)ccnc2c1. The molecule has 1 N–H and O–H groups in total. The Kier molecular flexibility index (Phi) is 6.29. The van der Waals surface area contributed by atoms with E-state index >= 15 is 0 Å². The predicted octanol–water partition coefficient (Wildman–Crippen LogP) is 4.68. The number of benzene rings is 2. The summed E-state index contributed by atoms with van der Waals surface area (Å²) in [7, 11) is 1.56. The zero-order valence-electron chi connectivity index (χ0n) is 19.8. The van der Waals surface area contributed by atoms with Crippen molar-refractivity contribution in [1.29, 1.82) is 0 Å². The first-order chi connectivity index (χ1) is 17.9. The van der Waals surface area contributed by atoms with Gasteiger partial charge in [0.05, 0.1) is 24.5 Å². The summed E-state index contributed by atoms with van der Waals surface area (Å²) in [5, 5.41) is 6.74. The van der Waals surface area contributed by atoms with E-state index in [4.69, 9.17) is 9.47 Å². The van der Waals surface area contributed by atoms with Crippen LogP contribution in [0, 0.1) is 12.7 Å². The molecule has 0 bridgehead atoms. The third kappa shape index (κ3) is 4.85. The van der Waals surface area contributed by atoms with Crippen LogP contribution in [0.15, 0.2) is 84.0 Å². The average Bonchev–Trinajstić information content (AvgIpc) is 2.90. The Hall–Kier alpha value is -5.12. The van der Waals surface area contributed by atoms with Crippen molar-refractivity contribution >= 4 is 22.6 Å². The maximum absolute atomic E-state index is 13.5. The molecule has 10 heteroatoms. The van der Waals surface area contributed by atoms with Gasteiger partial charge in [0.1, 0.15) is 28.4 Å². The van der Waals surface area contributed by atoms with Gasteiger partial charge in [0.2, 0.25) is 0 Å². The molecule has 0 spiro atoms. The second kappa shape index (κ2) is 9.86. The topological polar surface area (TPSA) is 108 Å². The lowest BCUT2D eigenvalue weighted by atomic mass is 10.2. The number of nitrogens with zero attached hydrogens (tertiary/aromatic N) is 4. The third-order valence-corrected chi connectivity index (χ3v) is 5.57. The molecule has 184 valence electrons. The minimum absolute atomic E-state index is 0.108. The molecule has 2 aromatic carbocycles. The highest BCUT2D eigenvalue weighted by atomic mass is 19.1. The number of aryl methyl sites for hydroxylation is 1. The van der Waals surface area contributed by atoms with Gasteiger partial charge >= 0.3 is 0 Å². The molecule has 0 atom stereocenters. The number of hydrogen-bond acceptors (Lipinski definition) is 7. The number of carbonyl (C=O) groups is 1. The van der Waals surface area contributed by atoms with Crippen LogP contribution in [-0.2, 0) is 0 Å². The Balaban J connectivity index is 1.34. The predicted molar refractivity (Wildman–Crippen MR) is 135 cm³/mol. The van der Waals surface area contributed by atoms with Crippen molar-refractivity contribution in [3.8, 4) is 22.9 Å². The van der Waals surface area contributed by atoms with Crippen LogP contribution in [0.25, 0.3) is 16.7 Å². The van der Waals surface area contributed by atoms with Gasteiger partial charge in [-0.2, -0.15) is 9.78 Å². The monoisotopic (exact) mass is 497 g/mol. The van der Waals surface area contributed by atoms with E-state index < -0.39 is 17.3 Å². The molecule has 5 rings (SSSR count). The number of pyridine rings is 2. The molecule has 0 aliphatic heterocycles. The number of methoxy groups -OCH3 is 1. The number of ether oxygens (including phenoxy) is 2. The summed E-state index contributed by atoms with van der Waals surface area (Å²) in [5.41, 5.74) is 1.83. The Morgan fingerprint density at radius 3 is 2.54 bits per heavy atom. The lowest BCUT2D eigenvalue weighted by molar-refractivity contribution is 0.102. The van der Waals surface area contributed by atoms with Gasteiger partial charge in [-0.3, -0.25) is 14.6 Å². The van der Waals surface area contributed by atoms with Gasteiger partial charge < -0.3 is 14.8 Å². The molecule has 0 radical (unpaired) electrons. The van der Waals surface area contributed by atoms with Gasteiger partial charge in [-0.1, -0.05) is 0 Å². The van der Waals surface area contributed by atoms with E-state index in [-0.39, 0.29) is 5.56 Å². The third-order valence-electron chi connectivity index (χ3n) is 5.57. The molecule has 3 aromatic heterocycles. The number of halogens is 1. The van der Waals surface area contributed by atoms with Crippen molar-refractivity contribution in [1.82, 2.24) is 19.7 Å². The van der Waals surface area contributed by atoms with E-state index in [0.29, 0.717) is 45.2 Å². The molecule has 0 aliphatic carbocycles. The zero-order valence-corrected chi connectivity index (χ0v) is 19.8. The summed E-state index contributed by atoms with van der Waals surface area (Å²) in [6.07, 6.45) is 4.54. The van der Waals surface area contributed by atoms with Gasteiger partial charge in [-0.05, 0) is 61.0 Å². The Bertz CT molecular complexity index is 1690. The van der Waals surface area contributed by atoms with Crippen molar-refractivity contribution in [3.05, 3.63) is 107 Å². The number of rotatable bonds is 6. The maximum Gasteiger partial charge on any atom is 0.284 e. The molecule has 0 saturated carbocycles. The van der Waals surface area contributed by atoms with E-state index in [2.05, 4.69) is 20.4 Å². The minimum Gasteiger partial charge on any atom is -0.495 e. The van der Waals surface area contributed by atoms with Crippen LogP contribution < -0.4 is 20.3 Å². The molecule has 5 aromatic rings. The maximum atomic E-state index is 13.5. The van der Waals surface area contributed by atoms with Gasteiger partial charge in [-0.15, -0.1) is 0 Å². The van der Waals surface area contributed by atoms with Crippen LogP contribution in [0.5, 0.6) is 17.2 Å². The van der Waals surface area contributed by atoms with Gasteiger partial charge in [0.25, 0.3) is 11.5 Å². The van der Waals surface area contributed by atoms with E-state index in [1.54, 1.807) is 62.8 Å². The molecule has 0 unspecified atom stereocenters. The van der Waals surface area contributed by atoms with Crippen LogP contribution in [0.3, 0.4) is 0 Å². The Morgan fingerprint density at radius 1 is 0.973 bits per heavy atom. The normalized spacial score (nSPS) is 10.8. The molecular weight excluding hydrogens is 477 g/mol. The summed E-state index contributed by atoms with van der Waals surface area (Å²) in [6, 6.07) is 15.4. The standard InChI is InChI=1S/C27H20FN5O4/c1-16-13-17(28)3-8-23(16)33-27(35)21(9-12-31-33)26(34)32-18-4-6-19(7-5-18)37-24-10-11-29-22-14-20(36-2)15-30-25(22)24/h3-15H,1-2H3,(H,32,34). The van der Waals surface area contributed by atoms with Crippen LogP contribution in [-0.4, -0.2) is 32.8 Å². The molecular formula is C27H20FN5O4. The zero-order chi connectivity index (χ0) is 25.9. The number of fused-ring (bicyclic) bond motifs is 1. The van der Waals surface area contributed by atoms with Crippen LogP contribution in [0.1, 0.15) is 15.9 Å². The highest BCUT2D eigenvalue weighted by Gasteiger charge is 2.16. The Labute approximate surface area is 210 Å². The number of aromatic nitrogens is 4. The van der Waals surface area contributed by atoms with E-state index in [1.807, 2.05) is 0 Å². The second-order valence-electron chi connectivity index (χ2n) is 8.03. The highest BCUT2D eigenvalue weighted by molar-refractivity contribution is 6.04. The van der Waals surface area contributed by atoms with Crippen molar-refractivity contribution in [2.45, 2.75) is 6.92 Å². The summed E-state index contributed by atoms with van der Waals surface area (Å²) >= 11 is 0. The van der Waals surface area contributed by atoms with Crippen molar-refractivity contribution in [2.75, 3.05) is 12.4 Å². The smallest absolute Gasteiger partial charge is 0.284 e. The van der Waals surface area contributed by atoms with E-state index in [1.165, 1.54) is 30.5 Å². The average molecular weight is 497 g/mol. The van der Waals surface area contributed by atoms with Crippen LogP contribution in [0.2, 0.25) is 0 Å². The molecule has 1 amide bonds. The first kappa shape index (κ1) is 23.6. The molecule has 0 fully saturated rings. The first-order valence-corrected chi connectivity index (χ1v) is 11.2. The lowest BCUT2D eigenvalue weighted by Gasteiger charge is -2.11. The molecule has 37 heavy (non-hydrogen) atoms. The first-order valence-electron chi connectivity index (χ1n) is 11.2. The van der Waals surface area contributed by atoms with Gasteiger partial charge in [0.15, 0.2) is 5.75 Å². The van der Waals surface area contributed by atoms with Crippen LogP contribution in [0.4, 0.5) is 10.1 Å².